The van der Waals surface area contributed by atoms with Crippen molar-refractivity contribution < 1.29 is 19.1 Å². The average molecular weight is 761 g/mol. The Kier molecular flexibility index (Phi) is 11.8. The molecule has 0 aliphatic heterocycles. The van der Waals surface area contributed by atoms with E-state index in [0.29, 0.717) is 23.0 Å². The molecule has 0 aliphatic carbocycles. The molecular formula is C45H36N4O4S2. The standard InChI is InChI=1S/C45H36N4O4S2/c1-2-53-36-24-27-38-40(29-36)55-45(48-38)49-44(52)41(33-14-8-4-9-15-33)54-37-25-22-35(23-26-37)46-43(51)39(47-42(50)34-16-10-5-11-17-34)28-30-18-20-32(21-19-30)31-12-6-3-7-13-31/h3-29,41H,2H2,1H3,(H,46,51)(H,47,50)(H,48,49,52)/b39-28-. The Balaban J connectivity index is 1.07. The molecule has 0 bridgehead atoms. The van der Waals surface area contributed by atoms with Gasteiger partial charge in [0.1, 0.15) is 16.7 Å². The lowest BCUT2D eigenvalue weighted by molar-refractivity contribution is -0.116. The normalized spacial score (nSPS) is 11.8. The van der Waals surface area contributed by atoms with Gasteiger partial charge in [-0.2, -0.15) is 0 Å². The van der Waals surface area contributed by atoms with Crippen molar-refractivity contribution in [2.75, 3.05) is 17.2 Å². The first-order valence-corrected chi connectivity index (χ1v) is 19.3. The van der Waals surface area contributed by atoms with Crippen LogP contribution in [0.3, 0.4) is 0 Å². The van der Waals surface area contributed by atoms with Gasteiger partial charge in [0, 0.05) is 16.1 Å². The van der Waals surface area contributed by atoms with Crippen molar-refractivity contribution in [1.82, 2.24) is 10.3 Å². The minimum absolute atomic E-state index is 0.0875. The molecule has 272 valence electrons. The van der Waals surface area contributed by atoms with Crippen LogP contribution in [0.25, 0.3) is 27.4 Å². The van der Waals surface area contributed by atoms with Gasteiger partial charge in [-0.05, 0) is 89.9 Å². The maximum atomic E-state index is 13.8. The summed E-state index contributed by atoms with van der Waals surface area (Å²) < 4.78 is 6.54. The molecule has 7 aromatic rings. The molecule has 0 saturated carbocycles. The fraction of sp³-hybridized carbons (Fsp3) is 0.0667. The van der Waals surface area contributed by atoms with E-state index in [0.717, 1.165) is 43.1 Å². The molecule has 1 atom stereocenters. The predicted octanol–water partition coefficient (Wildman–Crippen LogP) is 10.2. The van der Waals surface area contributed by atoms with Crippen LogP contribution < -0.4 is 20.7 Å². The van der Waals surface area contributed by atoms with E-state index in [1.807, 2.05) is 128 Å². The number of aromatic nitrogens is 1. The maximum absolute atomic E-state index is 13.8. The summed E-state index contributed by atoms with van der Waals surface area (Å²) in [6, 6.07) is 49.0. The molecule has 1 unspecified atom stereocenters. The van der Waals surface area contributed by atoms with Crippen molar-refractivity contribution in [3.05, 3.63) is 180 Å². The zero-order chi connectivity index (χ0) is 38.0. The van der Waals surface area contributed by atoms with E-state index in [1.54, 1.807) is 42.5 Å². The Morgan fingerprint density at radius 2 is 1.40 bits per heavy atom. The molecule has 1 aromatic heterocycles. The van der Waals surface area contributed by atoms with Crippen LogP contribution in [-0.2, 0) is 9.59 Å². The van der Waals surface area contributed by atoms with Gasteiger partial charge >= 0.3 is 0 Å². The van der Waals surface area contributed by atoms with Crippen LogP contribution in [0.1, 0.15) is 33.7 Å². The number of benzene rings is 6. The highest BCUT2D eigenvalue weighted by atomic mass is 32.2. The van der Waals surface area contributed by atoms with E-state index in [2.05, 4.69) is 20.9 Å². The van der Waals surface area contributed by atoms with Gasteiger partial charge in [0.15, 0.2) is 5.13 Å². The molecule has 7 rings (SSSR count). The van der Waals surface area contributed by atoms with E-state index < -0.39 is 17.1 Å². The fourth-order valence-electron chi connectivity index (χ4n) is 5.75. The Hall–Kier alpha value is -6.49. The molecule has 0 spiro atoms. The SMILES string of the molecule is CCOc1ccc2nc(NC(=O)C(Sc3ccc(NC(=O)/C(=C/c4ccc(-c5ccccc5)cc4)NC(=O)c4ccccc4)cc3)c3ccccc3)sc2c1. The van der Waals surface area contributed by atoms with Crippen molar-refractivity contribution >= 4 is 67.9 Å². The van der Waals surface area contributed by atoms with E-state index in [4.69, 9.17) is 4.74 Å². The smallest absolute Gasteiger partial charge is 0.272 e. The lowest BCUT2D eigenvalue weighted by atomic mass is 10.0. The van der Waals surface area contributed by atoms with E-state index in [9.17, 15) is 14.4 Å². The number of nitrogens with zero attached hydrogens (tertiary/aromatic N) is 1. The molecule has 8 nitrogen and oxygen atoms in total. The van der Waals surface area contributed by atoms with Crippen molar-refractivity contribution in [3.63, 3.8) is 0 Å². The summed E-state index contributed by atoms with van der Waals surface area (Å²) in [4.78, 5) is 46.2. The molecular weight excluding hydrogens is 725 g/mol. The topological polar surface area (TPSA) is 109 Å². The summed E-state index contributed by atoms with van der Waals surface area (Å²) in [6.45, 7) is 2.50. The van der Waals surface area contributed by atoms with Crippen molar-refractivity contribution in [1.29, 1.82) is 0 Å². The number of fused-ring (bicyclic) bond motifs is 1. The number of carbonyl (C=O) groups is 3. The van der Waals surface area contributed by atoms with Crippen molar-refractivity contribution in [3.8, 4) is 16.9 Å². The van der Waals surface area contributed by atoms with Gasteiger partial charge in [0.05, 0.1) is 16.8 Å². The molecule has 3 amide bonds. The minimum atomic E-state index is -0.580. The van der Waals surface area contributed by atoms with Gasteiger partial charge in [-0.3, -0.25) is 14.4 Å². The van der Waals surface area contributed by atoms with Crippen LogP contribution in [-0.4, -0.2) is 29.3 Å². The number of rotatable bonds is 13. The van der Waals surface area contributed by atoms with Gasteiger partial charge in [-0.25, -0.2) is 4.98 Å². The third kappa shape index (κ3) is 9.55. The van der Waals surface area contributed by atoms with Gasteiger partial charge < -0.3 is 20.7 Å². The molecule has 1 heterocycles. The number of hydrogen-bond acceptors (Lipinski definition) is 7. The second kappa shape index (κ2) is 17.6. The number of amides is 3. The highest BCUT2D eigenvalue weighted by molar-refractivity contribution is 8.00. The predicted molar refractivity (Wildman–Crippen MR) is 223 cm³/mol. The van der Waals surface area contributed by atoms with Crippen LogP contribution in [0.15, 0.2) is 168 Å². The zero-order valence-electron chi connectivity index (χ0n) is 29.8. The highest BCUT2D eigenvalue weighted by Crippen LogP contribution is 2.38. The zero-order valence-corrected chi connectivity index (χ0v) is 31.4. The average Bonchev–Trinajstić information content (AvgIpc) is 3.63. The van der Waals surface area contributed by atoms with Gasteiger partial charge in [0.2, 0.25) is 5.91 Å². The lowest BCUT2D eigenvalue weighted by Crippen LogP contribution is -2.30. The first-order valence-electron chi connectivity index (χ1n) is 17.6. The van der Waals surface area contributed by atoms with Crippen molar-refractivity contribution in [2.45, 2.75) is 17.1 Å². The van der Waals surface area contributed by atoms with Gasteiger partial charge in [-0.15, -0.1) is 11.8 Å². The number of nitrogens with one attached hydrogen (secondary N) is 3. The first kappa shape index (κ1) is 36.9. The van der Waals surface area contributed by atoms with E-state index in [-0.39, 0.29) is 11.6 Å². The molecule has 3 N–H and O–H groups in total. The number of carbonyl (C=O) groups excluding carboxylic acids is 3. The maximum Gasteiger partial charge on any atom is 0.272 e. The Morgan fingerprint density at radius 1 is 0.745 bits per heavy atom. The molecule has 0 fully saturated rings. The fourth-order valence-corrected chi connectivity index (χ4v) is 7.67. The monoisotopic (exact) mass is 760 g/mol. The molecule has 10 heteroatoms. The summed E-state index contributed by atoms with van der Waals surface area (Å²) >= 11 is 2.78. The number of anilines is 2. The molecule has 0 saturated heterocycles. The summed E-state index contributed by atoms with van der Waals surface area (Å²) in [7, 11) is 0. The quantitative estimate of drug-likeness (QED) is 0.0798. The van der Waals surface area contributed by atoms with Crippen LogP contribution >= 0.6 is 23.1 Å². The second-order valence-corrected chi connectivity index (χ2v) is 14.5. The number of ether oxygens (including phenoxy) is 1. The summed E-state index contributed by atoms with van der Waals surface area (Å²) in [5.74, 6) is -0.339. The third-order valence-corrected chi connectivity index (χ3v) is 10.7. The Labute approximate surface area is 327 Å². The number of hydrogen-bond donors (Lipinski definition) is 3. The van der Waals surface area contributed by atoms with E-state index >= 15 is 0 Å². The summed E-state index contributed by atoms with van der Waals surface area (Å²) in [5.41, 5.74) is 5.52. The number of thiazole rings is 1. The largest absolute Gasteiger partial charge is 0.494 e. The van der Waals surface area contributed by atoms with Crippen LogP contribution in [0.4, 0.5) is 10.8 Å². The lowest BCUT2D eigenvalue weighted by Gasteiger charge is -2.17. The Morgan fingerprint density at radius 3 is 2.09 bits per heavy atom. The molecule has 6 aromatic carbocycles. The second-order valence-electron chi connectivity index (χ2n) is 12.3. The van der Waals surface area contributed by atoms with Crippen LogP contribution in [0, 0.1) is 0 Å². The van der Waals surface area contributed by atoms with Crippen LogP contribution in [0.5, 0.6) is 5.75 Å². The summed E-state index contributed by atoms with van der Waals surface area (Å²) in [6.07, 6.45) is 1.65. The number of thioether (sulfide) groups is 1. The van der Waals surface area contributed by atoms with Crippen molar-refractivity contribution in [2.24, 2.45) is 0 Å². The summed E-state index contributed by atoms with van der Waals surface area (Å²) in [5, 5.41) is 8.67. The van der Waals surface area contributed by atoms with Gasteiger partial charge in [-0.1, -0.05) is 114 Å². The molecule has 0 radical (unpaired) electrons. The van der Waals surface area contributed by atoms with Gasteiger partial charge in [0.25, 0.3) is 11.8 Å². The third-order valence-electron chi connectivity index (χ3n) is 8.47. The Bertz CT molecular complexity index is 2440. The minimum Gasteiger partial charge on any atom is -0.494 e. The first-order chi connectivity index (χ1) is 26.9. The molecule has 0 aliphatic rings. The molecule has 55 heavy (non-hydrogen) atoms. The highest BCUT2D eigenvalue weighted by Gasteiger charge is 2.24. The van der Waals surface area contributed by atoms with E-state index in [1.165, 1.54) is 23.1 Å². The van der Waals surface area contributed by atoms with Crippen LogP contribution in [0.2, 0.25) is 0 Å².